The zero-order valence-corrected chi connectivity index (χ0v) is 17.1. The molecule has 1 heterocycles. The van der Waals surface area contributed by atoms with Crippen molar-refractivity contribution in [2.45, 2.75) is 58.5 Å². The number of ether oxygens (including phenoxy) is 1. The van der Waals surface area contributed by atoms with Crippen LogP contribution < -0.4 is 16.2 Å². The number of ketones is 1. The van der Waals surface area contributed by atoms with Crippen LogP contribution in [0.4, 0.5) is 4.79 Å². The monoisotopic (exact) mass is 403 g/mol. The fourth-order valence-electron chi connectivity index (χ4n) is 3.26. The Kier molecular flexibility index (Phi) is 7.90. The number of carbonyl (C=O) groups is 4. The fourth-order valence-corrected chi connectivity index (χ4v) is 3.26. The highest BCUT2D eigenvalue weighted by Crippen LogP contribution is 2.27. The van der Waals surface area contributed by atoms with Gasteiger partial charge >= 0.3 is 6.09 Å². The fraction of sp³-hybridized carbons (Fsp3) is 0.524. The molecule has 0 aliphatic carbocycles. The normalized spacial score (nSPS) is 18.9. The Bertz CT molecular complexity index is 762. The minimum Gasteiger partial charge on any atom is -0.449 e. The zero-order chi connectivity index (χ0) is 21.4. The van der Waals surface area contributed by atoms with Crippen LogP contribution in [0.2, 0.25) is 0 Å². The second-order valence-electron chi connectivity index (χ2n) is 7.90. The van der Waals surface area contributed by atoms with Gasteiger partial charge in [0.25, 0.3) is 5.91 Å². The number of rotatable bonds is 10. The van der Waals surface area contributed by atoms with Crippen LogP contribution in [0.3, 0.4) is 0 Å². The van der Waals surface area contributed by atoms with E-state index in [4.69, 9.17) is 4.74 Å². The van der Waals surface area contributed by atoms with Crippen LogP contribution in [0, 0.1) is 5.41 Å². The highest BCUT2D eigenvalue weighted by Gasteiger charge is 2.43. The Labute approximate surface area is 170 Å². The van der Waals surface area contributed by atoms with E-state index in [1.54, 1.807) is 18.2 Å². The summed E-state index contributed by atoms with van der Waals surface area (Å²) in [6, 6.07) is 4.99. The molecule has 8 nitrogen and oxygen atoms in total. The topological polar surface area (TPSA) is 114 Å². The highest BCUT2D eigenvalue weighted by molar-refractivity contribution is 6.01. The largest absolute Gasteiger partial charge is 0.449 e. The number of alkyl carbamates (subject to hydrolysis) is 1. The van der Waals surface area contributed by atoms with Gasteiger partial charge in [-0.1, -0.05) is 58.2 Å². The van der Waals surface area contributed by atoms with Crippen molar-refractivity contribution in [2.75, 3.05) is 6.61 Å². The predicted molar refractivity (Wildman–Crippen MR) is 107 cm³/mol. The minimum absolute atomic E-state index is 0.135. The van der Waals surface area contributed by atoms with E-state index in [1.165, 1.54) is 6.07 Å². The van der Waals surface area contributed by atoms with Crippen LogP contribution in [0.15, 0.2) is 24.3 Å². The Morgan fingerprint density at radius 2 is 2.03 bits per heavy atom. The second-order valence-corrected chi connectivity index (χ2v) is 7.90. The molecule has 2 rings (SSSR count). The molecule has 1 aromatic carbocycles. The quantitative estimate of drug-likeness (QED) is 0.314. The summed E-state index contributed by atoms with van der Waals surface area (Å²) in [6.07, 6.45) is 3.21. The molecule has 3 N–H and O–H groups in total. The van der Waals surface area contributed by atoms with E-state index < -0.39 is 29.5 Å². The number of benzene rings is 1. The second kappa shape index (κ2) is 10.2. The number of hydrogen-bond donors (Lipinski definition) is 3. The Balaban J connectivity index is 2.12. The van der Waals surface area contributed by atoms with Crippen molar-refractivity contribution < 1.29 is 23.9 Å². The molecule has 0 saturated carbocycles. The van der Waals surface area contributed by atoms with Gasteiger partial charge in [-0.3, -0.25) is 19.8 Å². The van der Waals surface area contributed by atoms with Crippen molar-refractivity contribution in [3.8, 4) is 0 Å². The molecule has 1 aliphatic rings. The van der Waals surface area contributed by atoms with Crippen molar-refractivity contribution in [3.63, 3.8) is 0 Å². The summed E-state index contributed by atoms with van der Waals surface area (Å²) in [4.78, 5) is 48.5. The van der Waals surface area contributed by atoms with Gasteiger partial charge in [0.2, 0.25) is 0 Å². The lowest BCUT2D eigenvalue weighted by Gasteiger charge is -2.38. The summed E-state index contributed by atoms with van der Waals surface area (Å²) in [5.74, 6) is -0.719. The maximum absolute atomic E-state index is 13.2. The van der Waals surface area contributed by atoms with Gasteiger partial charge in [0.05, 0.1) is 11.6 Å². The van der Waals surface area contributed by atoms with Crippen LogP contribution in [0.1, 0.15) is 67.2 Å². The lowest BCUT2D eigenvalue weighted by Crippen LogP contribution is -2.62. The predicted octanol–water partition coefficient (Wildman–Crippen LogP) is 2.39. The van der Waals surface area contributed by atoms with E-state index in [0.717, 1.165) is 19.3 Å². The molecule has 2 amide bonds. The summed E-state index contributed by atoms with van der Waals surface area (Å²) in [5.41, 5.74) is 5.27. The van der Waals surface area contributed by atoms with Crippen molar-refractivity contribution >= 4 is 24.1 Å². The molecule has 0 radical (unpaired) electrons. The van der Waals surface area contributed by atoms with Gasteiger partial charge in [-0.15, -0.1) is 0 Å². The smallest absolute Gasteiger partial charge is 0.407 e. The third-order valence-electron chi connectivity index (χ3n) is 5.04. The van der Waals surface area contributed by atoms with Gasteiger partial charge in [-0.25, -0.2) is 10.2 Å². The number of amides is 2. The van der Waals surface area contributed by atoms with Gasteiger partial charge in [0.1, 0.15) is 12.6 Å². The summed E-state index contributed by atoms with van der Waals surface area (Å²) >= 11 is 0. The molecule has 158 valence electrons. The number of unbranched alkanes of at least 4 members (excludes halogenated alkanes) is 2. The molecular weight excluding hydrogens is 374 g/mol. The molecule has 2 atom stereocenters. The molecule has 1 aliphatic heterocycles. The average Bonchev–Trinajstić information content (AvgIpc) is 2.71. The van der Waals surface area contributed by atoms with Crippen molar-refractivity contribution in [2.24, 2.45) is 5.41 Å². The van der Waals surface area contributed by atoms with Gasteiger partial charge in [-0.2, -0.15) is 0 Å². The van der Waals surface area contributed by atoms with Gasteiger partial charge in [0.15, 0.2) is 12.1 Å². The zero-order valence-electron chi connectivity index (χ0n) is 17.1. The molecule has 8 heteroatoms. The number of hydrogen-bond acceptors (Lipinski definition) is 6. The van der Waals surface area contributed by atoms with Gasteiger partial charge in [-0.05, 0) is 12.5 Å². The van der Waals surface area contributed by atoms with Crippen LogP contribution in [0.5, 0.6) is 0 Å². The molecule has 29 heavy (non-hydrogen) atoms. The maximum Gasteiger partial charge on any atom is 0.407 e. The number of Topliss-reactive ketones (excluding diaryl/α,β-unsaturated/α-hetero) is 1. The standard InChI is InChI=1S/C21H29N3O5/c1-4-5-6-11-16(17(26)18-21(2,3)13-29-20(28)22-18)23-24-19(27)15-10-8-7-9-14(15)12-25/h7-10,12,16,18,23H,4-6,11,13H2,1-3H3,(H,22,28)(H,24,27)/t16-,18-/m1/s1. The van der Waals surface area contributed by atoms with E-state index in [2.05, 4.69) is 23.1 Å². The number of aldehydes is 1. The summed E-state index contributed by atoms with van der Waals surface area (Å²) in [7, 11) is 0. The number of carbonyl (C=O) groups excluding carboxylic acids is 4. The van der Waals surface area contributed by atoms with Crippen molar-refractivity contribution in [3.05, 3.63) is 35.4 Å². The third-order valence-corrected chi connectivity index (χ3v) is 5.04. The molecule has 1 saturated heterocycles. The SMILES string of the molecule is CCCCC[C@@H](NNC(=O)c1ccccc1C=O)C(=O)[C@H]1NC(=O)OCC1(C)C. The van der Waals surface area contributed by atoms with Crippen molar-refractivity contribution in [1.82, 2.24) is 16.2 Å². The molecule has 1 aromatic rings. The number of nitrogens with one attached hydrogen (secondary N) is 3. The number of hydrazine groups is 1. The molecule has 1 fully saturated rings. The first-order chi connectivity index (χ1) is 13.8. The lowest BCUT2D eigenvalue weighted by atomic mass is 9.79. The highest BCUT2D eigenvalue weighted by atomic mass is 16.6. The molecular formula is C21H29N3O5. The summed E-state index contributed by atoms with van der Waals surface area (Å²) in [6.45, 7) is 5.88. The molecule has 0 unspecified atom stereocenters. The van der Waals surface area contributed by atoms with Crippen LogP contribution >= 0.6 is 0 Å². The lowest BCUT2D eigenvalue weighted by molar-refractivity contribution is -0.128. The van der Waals surface area contributed by atoms with E-state index >= 15 is 0 Å². The van der Waals surface area contributed by atoms with Crippen molar-refractivity contribution in [1.29, 1.82) is 0 Å². The van der Waals surface area contributed by atoms with E-state index in [9.17, 15) is 19.2 Å². The molecule has 0 spiro atoms. The van der Waals surface area contributed by atoms with Crippen LogP contribution in [0.25, 0.3) is 0 Å². The Morgan fingerprint density at radius 3 is 2.72 bits per heavy atom. The Morgan fingerprint density at radius 1 is 1.31 bits per heavy atom. The third kappa shape index (κ3) is 5.87. The van der Waals surface area contributed by atoms with E-state index in [1.807, 2.05) is 13.8 Å². The first-order valence-corrected chi connectivity index (χ1v) is 9.87. The minimum atomic E-state index is -0.734. The first kappa shape index (κ1) is 22.5. The molecule has 0 aromatic heterocycles. The average molecular weight is 403 g/mol. The van der Waals surface area contributed by atoms with E-state index in [0.29, 0.717) is 12.7 Å². The van der Waals surface area contributed by atoms with Gasteiger partial charge < -0.3 is 10.1 Å². The maximum atomic E-state index is 13.2. The molecule has 0 bridgehead atoms. The Hall–Kier alpha value is -2.74. The van der Waals surface area contributed by atoms with Crippen LogP contribution in [-0.4, -0.2) is 42.8 Å². The first-order valence-electron chi connectivity index (χ1n) is 9.87. The van der Waals surface area contributed by atoms with Crippen LogP contribution in [-0.2, 0) is 9.53 Å². The summed E-state index contributed by atoms with van der Waals surface area (Å²) in [5, 5.41) is 2.61. The van der Waals surface area contributed by atoms with Gasteiger partial charge in [0, 0.05) is 11.0 Å². The number of cyclic esters (lactones) is 1. The van der Waals surface area contributed by atoms with E-state index in [-0.39, 0.29) is 23.5 Å². The summed E-state index contributed by atoms with van der Waals surface area (Å²) < 4.78 is 5.01.